The molecule has 122 valence electrons. The molecule has 4 nitrogen and oxygen atoms in total. The normalized spacial score (nSPS) is 11.8. The number of benzene rings is 3. The predicted molar refractivity (Wildman–Crippen MR) is 104 cm³/mol. The molecule has 0 radical (unpaired) electrons. The Bertz CT molecular complexity index is 1050. The number of para-hydroxylation sites is 1. The van der Waals surface area contributed by atoms with Crippen LogP contribution < -0.4 is 0 Å². The SMILES string of the molecule is Cc1ccc(C(=Nc2ccc(Br)cc2)n2nnc3ccccc32)cc1. The standard InChI is InChI=1S/C20H15BrN4/c1-14-6-8-15(9-7-14)20(22-17-12-10-16(21)11-13-17)25-19-5-3-2-4-18(19)23-24-25/h2-13H,1H3. The quantitative estimate of drug-likeness (QED) is 0.351. The zero-order chi connectivity index (χ0) is 17.2. The lowest BCUT2D eigenvalue weighted by atomic mass is 10.1. The van der Waals surface area contributed by atoms with Gasteiger partial charge in [0.2, 0.25) is 0 Å². The van der Waals surface area contributed by atoms with Crippen molar-refractivity contribution in [2.45, 2.75) is 6.92 Å². The number of aromatic nitrogens is 3. The molecular formula is C20H15BrN4. The van der Waals surface area contributed by atoms with Gasteiger partial charge in [-0.25, -0.2) is 4.99 Å². The van der Waals surface area contributed by atoms with Gasteiger partial charge in [0.05, 0.1) is 11.2 Å². The summed E-state index contributed by atoms with van der Waals surface area (Å²) in [6.07, 6.45) is 0. The molecule has 0 saturated carbocycles. The maximum atomic E-state index is 4.85. The summed E-state index contributed by atoms with van der Waals surface area (Å²) in [5.41, 5.74) is 4.83. The van der Waals surface area contributed by atoms with E-state index >= 15 is 0 Å². The highest BCUT2D eigenvalue weighted by molar-refractivity contribution is 9.10. The number of hydrogen-bond donors (Lipinski definition) is 0. The Kier molecular flexibility index (Phi) is 4.15. The Labute approximate surface area is 154 Å². The molecule has 0 saturated heterocycles. The third-order valence-corrected chi connectivity index (χ3v) is 4.45. The van der Waals surface area contributed by atoms with Gasteiger partial charge in [0.1, 0.15) is 5.52 Å². The van der Waals surface area contributed by atoms with Crippen molar-refractivity contribution in [3.8, 4) is 0 Å². The topological polar surface area (TPSA) is 43.1 Å². The second-order valence-corrected chi connectivity index (χ2v) is 6.68. The highest BCUT2D eigenvalue weighted by Crippen LogP contribution is 2.20. The molecule has 4 rings (SSSR count). The lowest BCUT2D eigenvalue weighted by Gasteiger charge is -2.08. The molecular weight excluding hydrogens is 376 g/mol. The molecule has 0 amide bonds. The van der Waals surface area contributed by atoms with E-state index < -0.39 is 0 Å². The van der Waals surface area contributed by atoms with Crippen LogP contribution in [0.4, 0.5) is 5.69 Å². The fourth-order valence-corrected chi connectivity index (χ4v) is 2.86. The van der Waals surface area contributed by atoms with E-state index in [1.807, 2.05) is 48.5 Å². The molecule has 0 aliphatic carbocycles. The van der Waals surface area contributed by atoms with Crippen LogP contribution in [0.1, 0.15) is 11.1 Å². The van der Waals surface area contributed by atoms with Crippen molar-refractivity contribution < 1.29 is 0 Å². The molecule has 5 heteroatoms. The Morgan fingerprint density at radius 3 is 2.40 bits per heavy atom. The van der Waals surface area contributed by atoms with E-state index in [1.165, 1.54) is 5.56 Å². The number of aliphatic imine (C=N–C) groups is 1. The molecule has 1 heterocycles. The van der Waals surface area contributed by atoms with Crippen LogP contribution >= 0.6 is 15.9 Å². The van der Waals surface area contributed by atoms with Crippen molar-refractivity contribution in [2.24, 2.45) is 4.99 Å². The average Bonchev–Trinajstić information content (AvgIpc) is 3.06. The van der Waals surface area contributed by atoms with Crippen molar-refractivity contribution in [1.82, 2.24) is 15.0 Å². The van der Waals surface area contributed by atoms with Gasteiger partial charge < -0.3 is 0 Å². The van der Waals surface area contributed by atoms with E-state index in [1.54, 1.807) is 4.68 Å². The Balaban J connectivity index is 1.92. The van der Waals surface area contributed by atoms with Crippen LogP contribution in [-0.2, 0) is 0 Å². The molecule has 0 unspecified atom stereocenters. The molecule has 1 aromatic heterocycles. The van der Waals surface area contributed by atoms with Crippen LogP contribution in [0.2, 0.25) is 0 Å². The largest absolute Gasteiger partial charge is 0.229 e. The number of halogens is 1. The summed E-state index contributed by atoms with van der Waals surface area (Å²) < 4.78 is 2.82. The monoisotopic (exact) mass is 390 g/mol. The molecule has 0 N–H and O–H groups in total. The third kappa shape index (κ3) is 3.23. The zero-order valence-electron chi connectivity index (χ0n) is 13.6. The Morgan fingerprint density at radius 1 is 0.920 bits per heavy atom. The maximum absolute atomic E-state index is 4.85. The smallest absolute Gasteiger partial charge is 0.163 e. The highest BCUT2D eigenvalue weighted by atomic mass is 79.9. The number of aryl methyl sites for hydroxylation is 1. The van der Waals surface area contributed by atoms with E-state index in [0.29, 0.717) is 0 Å². The summed E-state index contributed by atoms with van der Waals surface area (Å²) >= 11 is 3.46. The van der Waals surface area contributed by atoms with Crippen LogP contribution in [0.5, 0.6) is 0 Å². The van der Waals surface area contributed by atoms with Gasteiger partial charge in [-0.15, -0.1) is 5.10 Å². The predicted octanol–water partition coefficient (Wildman–Crippen LogP) is 5.13. The van der Waals surface area contributed by atoms with Crippen molar-refractivity contribution in [2.75, 3.05) is 0 Å². The van der Waals surface area contributed by atoms with Crippen LogP contribution in [0, 0.1) is 6.92 Å². The Hall–Kier alpha value is -2.79. The van der Waals surface area contributed by atoms with Gasteiger partial charge in [-0.05, 0) is 43.3 Å². The van der Waals surface area contributed by atoms with E-state index in [0.717, 1.165) is 32.6 Å². The zero-order valence-corrected chi connectivity index (χ0v) is 15.2. The van der Waals surface area contributed by atoms with E-state index in [9.17, 15) is 0 Å². The van der Waals surface area contributed by atoms with Gasteiger partial charge in [0.25, 0.3) is 0 Å². The van der Waals surface area contributed by atoms with Crippen LogP contribution in [-0.4, -0.2) is 20.8 Å². The fraction of sp³-hybridized carbons (Fsp3) is 0.0500. The van der Waals surface area contributed by atoms with E-state index in [-0.39, 0.29) is 0 Å². The van der Waals surface area contributed by atoms with Gasteiger partial charge in [-0.1, -0.05) is 63.1 Å². The summed E-state index contributed by atoms with van der Waals surface area (Å²) in [5, 5.41) is 8.60. The minimum atomic E-state index is 0.746. The minimum Gasteiger partial charge on any atom is -0.229 e. The van der Waals surface area contributed by atoms with Crippen LogP contribution in [0.3, 0.4) is 0 Å². The van der Waals surface area contributed by atoms with E-state index in [4.69, 9.17) is 4.99 Å². The highest BCUT2D eigenvalue weighted by Gasteiger charge is 2.12. The lowest BCUT2D eigenvalue weighted by molar-refractivity contribution is 0.861. The van der Waals surface area contributed by atoms with Crippen molar-refractivity contribution in [1.29, 1.82) is 0 Å². The first-order valence-corrected chi connectivity index (χ1v) is 8.72. The van der Waals surface area contributed by atoms with Gasteiger partial charge >= 0.3 is 0 Å². The molecule has 0 spiro atoms. The Morgan fingerprint density at radius 2 is 1.64 bits per heavy atom. The number of hydrogen-bond acceptors (Lipinski definition) is 3. The summed E-state index contributed by atoms with van der Waals surface area (Å²) in [4.78, 5) is 4.85. The molecule has 3 aromatic carbocycles. The lowest BCUT2D eigenvalue weighted by Crippen LogP contribution is -2.15. The van der Waals surface area contributed by atoms with Gasteiger partial charge in [-0.2, -0.15) is 4.68 Å². The average molecular weight is 391 g/mol. The maximum Gasteiger partial charge on any atom is 0.163 e. The molecule has 0 aliphatic heterocycles. The first kappa shape index (κ1) is 15.7. The van der Waals surface area contributed by atoms with Gasteiger partial charge in [0, 0.05) is 10.0 Å². The van der Waals surface area contributed by atoms with Crippen LogP contribution in [0.15, 0.2) is 82.3 Å². The third-order valence-electron chi connectivity index (χ3n) is 3.92. The number of fused-ring (bicyclic) bond motifs is 1. The summed E-state index contributed by atoms with van der Waals surface area (Å²) in [6, 6.07) is 24.0. The second kappa shape index (κ2) is 6.61. The molecule has 25 heavy (non-hydrogen) atoms. The first-order valence-electron chi connectivity index (χ1n) is 7.93. The van der Waals surface area contributed by atoms with Crippen molar-refractivity contribution in [3.05, 3.63) is 88.4 Å². The molecule has 0 fully saturated rings. The number of nitrogens with zero attached hydrogens (tertiary/aromatic N) is 4. The summed E-state index contributed by atoms with van der Waals surface area (Å²) in [7, 11) is 0. The van der Waals surface area contributed by atoms with Gasteiger partial charge in [0.15, 0.2) is 5.84 Å². The van der Waals surface area contributed by atoms with Crippen molar-refractivity contribution >= 4 is 38.5 Å². The summed E-state index contributed by atoms with van der Waals surface area (Å²) in [5.74, 6) is 0.746. The number of rotatable bonds is 2. The molecule has 0 atom stereocenters. The molecule has 0 bridgehead atoms. The minimum absolute atomic E-state index is 0.746. The molecule has 4 aromatic rings. The van der Waals surface area contributed by atoms with Gasteiger partial charge in [-0.3, -0.25) is 0 Å². The second-order valence-electron chi connectivity index (χ2n) is 5.77. The molecule has 0 aliphatic rings. The van der Waals surface area contributed by atoms with Crippen molar-refractivity contribution in [3.63, 3.8) is 0 Å². The van der Waals surface area contributed by atoms with Crippen LogP contribution in [0.25, 0.3) is 11.0 Å². The summed E-state index contributed by atoms with van der Waals surface area (Å²) in [6.45, 7) is 2.07. The fourth-order valence-electron chi connectivity index (χ4n) is 2.60. The first-order chi connectivity index (χ1) is 12.2. The van der Waals surface area contributed by atoms with E-state index in [2.05, 4.69) is 57.4 Å².